The van der Waals surface area contributed by atoms with Crippen LogP contribution in [0.15, 0.2) is 54.7 Å². The topological polar surface area (TPSA) is 92.8 Å². The van der Waals surface area contributed by atoms with E-state index >= 15 is 0 Å². The van der Waals surface area contributed by atoms with Crippen molar-refractivity contribution in [2.45, 2.75) is 18.9 Å². The number of fused-ring (bicyclic) bond motifs is 1. The summed E-state index contributed by atoms with van der Waals surface area (Å²) in [5, 5.41) is 7.34. The number of nitrogens with zero attached hydrogens (tertiary/aromatic N) is 2. The zero-order valence-electron chi connectivity index (χ0n) is 16.1. The molecule has 30 heavy (non-hydrogen) atoms. The van der Waals surface area contributed by atoms with Crippen LogP contribution >= 0.6 is 11.6 Å². The second kappa shape index (κ2) is 8.56. The van der Waals surface area contributed by atoms with Gasteiger partial charge < -0.3 is 15.5 Å². The van der Waals surface area contributed by atoms with Gasteiger partial charge in [0.05, 0.1) is 23.3 Å². The Morgan fingerprint density at radius 1 is 1.17 bits per heavy atom. The van der Waals surface area contributed by atoms with Crippen LogP contribution in [0, 0.1) is 0 Å². The summed E-state index contributed by atoms with van der Waals surface area (Å²) < 4.78 is 0. The molecular weight excluding hydrogens is 408 g/mol. The zero-order chi connectivity index (χ0) is 21.1. The lowest BCUT2D eigenvalue weighted by atomic mass is 10.1. The van der Waals surface area contributed by atoms with Crippen LogP contribution in [-0.2, 0) is 4.84 Å². The number of urea groups is 1. The highest BCUT2D eigenvalue weighted by molar-refractivity contribution is 6.33. The van der Waals surface area contributed by atoms with E-state index < -0.39 is 5.91 Å². The highest BCUT2D eigenvalue weighted by Gasteiger charge is 2.24. The van der Waals surface area contributed by atoms with Crippen molar-refractivity contribution in [1.82, 2.24) is 15.5 Å². The molecule has 9 heteroatoms. The minimum absolute atomic E-state index is 0.235. The molecule has 2 aromatic carbocycles. The Kier molecular flexibility index (Phi) is 5.69. The fourth-order valence-electron chi connectivity index (χ4n) is 2.80. The van der Waals surface area contributed by atoms with Crippen molar-refractivity contribution in [3.63, 3.8) is 0 Å². The Bertz CT molecular complexity index is 1100. The number of carbonyl (C=O) groups excluding carboxylic acids is 2. The van der Waals surface area contributed by atoms with E-state index in [0.29, 0.717) is 11.3 Å². The van der Waals surface area contributed by atoms with E-state index in [1.165, 1.54) is 13.2 Å². The van der Waals surface area contributed by atoms with Crippen molar-refractivity contribution in [2.24, 2.45) is 0 Å². The molecule has 1 aromatic heterocycles. The molecule has 2 N–H and O–H groups in total. The van der Waals surface area contributed by atoms with Gasteiger partial charge in [-0.05, 0) is 54.5 Å². The predicted molar refractivity (Wildman–Crippen MR) is 112 cm³/mol. The minimum atomic E-state index is -0.495. The van der Waals surface area contributed by atoms with E-state index in [9.17, 15) is 9.59 Å². The number of anilines is 1. The molecule has 154 valence electrons. The molecule has 1 heterocycles. The summed E-state index contributed by atoms with van der Waals surface area (Å²) in [4.78, 5) is 39.5. The number of nitrogens with one attached hydrogen (secondary N) is 2. The molecule has 8 nitrogen and oxygen atoms in total. The number of carbonyl (C=O) groups is 2. The standard InChI is InChI=1S/C21H19ClN4O4/c1-29-26(20(27)14-4-8-18-13(11-14)3-2-10-23-18)30-16-7-9-19(17(22)12-16)25-21(28)24-15-5-6-15/h2-4,7-12,15H,5-6H2,1H3,(H2,24,25,28). The maximum absolute atomic E-state index is 12.8. The summed E-state index contributed by atoms with van der Waals surface area (Å²) in [6.45, 7) is 0. The second-order valence-electron chi connectivity index (χ2n) is 6.76. The third-order valence-electron chi connectivity index (χ3n) is 4.47. The summed E-state index contributed by atoms with van der Waals surface area (Å²) in [6.07, 6.45) is 3.66. The number of benzene rings is 2. The Morgan fingerprint density at radius 2 is 2.00 bits per heavy atom. The van der Waals surface area contributed by atoms with Crippen LogP contribution in [0.4, 0.5) is 10.5 Å². The maximum Gasteiger partial charge on any atom is 0.319 e. The molecule has 0 saturated heterocycles. The Labute approximate surface area is 177 Å². The van der Waals surface area contributed by atoms with Crippen LogP contribution in [0.25, 0.3) is 10.9 Å². The summed E-state index contributed by atoms with van der Waals surface area (Å²) in [7, 11) is 1.32. The summed E-state index contributed by atoms with van der Waals surface area (Å²) in [6, 6.07) is 13.3. The molecule has 0 radical (unpaired) electrons. The van der Waals surface area contributed by atoms with Crippen molar-refractivity contribution < 1.29 is 19.3 Å². The maximum atomic E-state index is 12.8. The highest BCUT2D eigenvalue weighted by atomic mass is 35.5. The van der Waals surface area contributed by atoms with E-state index in [1.807, 2.05) is 6.07 Å². The number of hydrogen-bond acceptors (Lipinski definition) is 5. The highest BCUT2D eigenvalue weighted by Crippen LogP contribution is 2.28. The first-order valence-corrected chi connectivity index (χ1v) is 9.69. The third kappa shape index (κ3) is 4.61. The molecule has 1 aliphatic carbocycles. The van der Waals surface area contributed by atoms with Crippen LogP contribution in [-0.4, -0.2) is 35.3 Å². The van der Waals surface area contributed by atoms with Gasteiger partial charge in [0.15, 0.2) is 5.75 Å². The fraction of sp³-hybridized carbons (Fsp3) is 0.190. The lowest BCUT2D eigenvalue weighted by Crippen LogP contribution is -2.33. The Morgan fingerprint density at radius 3 is 2.73 bits per heavy atom. The second-order valence-corrected chi connectivity index (χ2v) is 7.17. The summed E-state index contributed by atoms with van der Waals surface area (Å²) in [5.41, 5.74) is 1.58. The SMILES string of the molecule is CON(Oc1ccc(NC(=O)NC2CC2)c(Cl)c1)C(=O)c1ccc2ncccc2c1. The van der Waals surface area contributed by atoms with Gasteiger partial charge in [-0.3, -0.25) is 9.78 Å². The van der Waals surface area contributed by atoms with Crippen molar-refractivity contribution in [1.29, 1.82) is 0 Å². The predicted octanol–water partition coefficient (Wildman–Crippen LogP) is 4.17. The molecule has 0 bridgehead atoms. The number of aromatic nitrogens is 1. The molecule has 0 atom stereocenters. The Hall–Kier alpha value is -3.36. The average Bonchev–Trinajstić information content (AvgIpc) is 3.57. The van der Waals surface area contributed by atoms with Crippen molar-refractivity contribution in [3.05, 3.63) is 65.3 Å². The van der Waals surface area contributed by atoms with Gasteiger partial charge in [-0.15, -0.1) is 0 Å². The van der Waals surface area contributed by atoms with E-state index in [1.54, 1.807) is 42.6 Å². The molecule has 3 amide bonds. The first kappa shape index (κ1) is 19.9. The number of pyridine rings is 1. The van der Waals surface area contributed by atoms with Gasteiger partial charge in [0.25, 0.3) is 0 Å². The first-order chi connectivity index (χ1) is 14.5. The molecular formula is C21H19ClN4O4. The van der Waals surface area contributed by atoms with E-state index in [0.717, 1.165) is 29.0 Å². The molecule has 1 saturated carbocycles. The molecule has 3 aromatic rings. The van der Waals surface area contributed by atoms with Crippen LogP contribution in [0.5, 0.6) is 5.75 Å². The number of amides is 3. The van der Waals surface area contributed by atoms with E-state index in [-0.39, 0.29) is 22.8 Å². The lowest BCUT2D eigenvalue weighted by Gasteiger charge is -2.20. The smallest absolute Gasteiger partial charge is 0.319 e. The van der Waals surface area contributed by atoms with Crippen LogP contribution in [0.2, 0.25) is 5.02 Å². The number of hydroxylamine groups is 2. The summed E-state index contributed by atoms with van der Waals surface area (Å²) in [5.74, 6) is -0.226. The lowest BCUT2D eigenvalue weighted by molar-refractivity contribution is -0.257. The first-order valence-electron chi connectivity index (χ1n) is 9.32. The van der Waals surface area contributed by atoms with Gasteiger partial charge in [0.1, 0.15) is 0 Å². The van der Waals surface area contributed by atoms with Gasteiger partial charge in [0, 0.05) is 29.3 Å². The Balaban J connectivity index is 1.46. The largest absolute Gasteiger partial charge is 0.350 e. The molecule has 4 rings (SSSR count). The minimum Gasteiger partial charge on any atom is -0.350 e. The van der Waals surface area contributed by atoms with E-state index in [4.69, 9.17) is 21.3 Å². The third-order valence-corrected chi connectivity index (χ3v) is 4.78. The van der Waals surface area contributed by atoms with Crippen LogP contribution < -0.4 is 15.5 Å². The number of halogens is 1. The molecule has 0 aliphatic heterocycles. The van der Waals surface area contributed by atoms with Crippen LogP contribution in [0.3, 0.4) is 0 Å². The molecule has 0 unspecified atom stereocenters. The van der Waals surface area contributed by atoms with Gasteiger partial charge in [0.2, 0.25) is 0 Å². The number of rotatable bonds is 6. The average molecular weight is 427 g/mol. The van der Waals surface area contributed by atoms with Gasteiger partial charge in [-0.2, -0.15) is 0 Å². The van der Waals surface area contributed by atoms with E-state index in [2.05, 4.69) is 15.6 Å². The monoisotopic (exact) mass is 426 g/mol. The number of hydrogen-bond donors (Lipinski definition) is 2. The normalized spacial score (nSPS) is 13.0. The fourth-order valence-corrected chi connectivity index (χ4v) is 3.01. The van der Waals surface area contributed by atoms with Gasteiger partial charge >= 0.3 is 11.9 Å². The van der Waals surface area contributed by atoms with Crippen molar-refractivity contribution in [3.8, 4) is 5.75 Å². The summed E-state index contributed by atoms with van der Waals surface area (Å²) >= 11 is 6.24. The van der Waals surface area contributed by atoms with Gasteiger partial charge in [-0.1, -0.05) is 17.7 Å². The van der Waals surface area contributed by atoms with Crippen molar-refractivity contribution >= 4 is 40.1 Å². The quantitative estimate of drug-likeness (QED) is 0.577. The van der Waals surface area contributed by atoms with Crippen molar-refractivity contribution in [2.75, 3.05) is 12.4 Å². The molecule has 1 aliphatic rings. The van der Waals surface area contributed by atoms with Gasteiger partial charge in [-0.25, -0.2) is 9.63 Å². The van der Waals surface area contributed by atoms with Crippen LogP contribution in [0.1, 0.15) is 23.2 Å². The molecule has 1 fully saturated rings. The zero-order valence-corrected chi connectivity index (χ0v) is 16.8. The molecule has 0 spiro atoms.